The van der Waals surface area contributed by atoms with Crippen molar-refractivity contribution in [3.05, 3.63) is 35.5 Å². The van der Waals surface area contributed by atoms with Crippen molar-refractivity contribution in [3.63, 3.8) is 0 Å². The average molecular weight is 438 g/mol. The Kier molecular flexibility index (Phi) is 5.96. The number of halogens is 3. The van der Waals surface area contributed by atoms with Crippen LogP contribution in [0.4, 0.5) is 18.9 Å². The van der Waals surface area contributed by atoms with Crippen LogP contribution in [0.15, 0.2) is 24.3 Å². The first kappa shape index (κ1) is 22.2. The molecule has 31 heavy (non-hydrogen) atoms. The monoisotopic (exact) mass is 438 g/mol. The predicted octanol–water partition coefficient (Wildman–Crippen LogP) is 3.72. The Balaban J connectivity index is 1.89. The normalized spacial score (nSPS) is 12.5. The van der Waals surface area contributed by atoms with Crippen LogP contribution in [0.1, 0.15) is 18.2 Å². The Labute approximate surface area is 175 Å². The number of fused-ring (bicyclic) bond motifs is 1. The number of nitrogens with zero attached hydrogens (tertiary/aromatic N) is 3. The average Bonchev–Trinajstić information content (AvgIpc) is 3.00. The summed E-state index contributed by atoms with van der Waals surface area (Å²) >= 11 is 0. The SMILES string of the molecule is COc1ccc(OC)c(NC(=O)C(C)Oc2cc(C(F)(F)F)c3c(C)nn(C)c3n2)c1. The summed E-state index contributed by atoms with van der Waals surface area (Å²) in [5.74, 6) is -0.0879. The number of pyridine rings is 1. The van der Waals surface area contributed by atoms with Crippen molar-refractivity contribution >= 4 is 22.6 Å². The van der Waals surface area contributed by atoms with Crippen molar-refractivity contribution in [2.24, 2.45) is 7.05 Å². The van der Waals surface area contributed by atoms with Gasteiger partial charge in [-0.15, -0.1) is 0 Å². The number of aromatic nitrogens is 3. The lowest BCUT2D eigenvalue weighted by molar-refractivity contribution is -0.136. The first-order valence-corrected chi connectivity index (χ1v) is 9.16. The number of amides is 1. The highest BCUT2D eigenvalue weighted by Gasteiger charge is 2.36. The summed E-state index contributed by atoms with van der Waals surface area (Å²) in [6.07, 6.45) is -5.80. The van der Waals surface area contributed by atoms with Gasteiger partial charge in [-0.3, -0.25) is 9.48 Å². The highest BCUT2D eigenvalue weighted by Crippen LogP contribution is 2.37. The third kappa shape index (κ3) is 4.49. The second-order valence-electron chi connectivity index (χ2n) is 6.73. The second-order valence-corrected chi connectivity index (χ2v) is 6.73. The van der Waals surface area contributed by atoms with Crippen LogP contribution < -0.4 is 19.5 Å². The molecule has 166 valence electrons. The highest BCUT2D eigenvalue weighted by atomic mass is 19.4. The lowest BCUT2D eigenvalue weighted by atomic mass is 10.1. The molecule has 2 aromatic heterocycles. The number of hydrogen-bond acceptors (Lipinski definition) is 6. The van der Waals surface area contributed by atoms with E-state index in [-0.39, 0.29) is 22.6 Å². The van der Waals surface area contributed by atoms with E-state index >= 15 is 0 Å². The van der Waals surface area contributed by atoms with Crippen LogP contribution in [0.25, 0.3) is 11.0 Å². The van der Waals surface area contributed by atoms with Crippen LogP contribution >= 0.6 is 0 Å². The molecular weight excluding hydrogens is 417 g/mol. The Bertz CT molecular complexity index is 1130. The van der Waals surface area contributed by atoms with Crippen molar-refractivity contribution in [3.8, 4) is 17.4 Å². The molecule has 3 aromatic rings. The number of alkyl halides is 3. The minimum absolute atomic E-state index is 0.00407. The molecule has 3 rings (SSSR count). The Hall–Kier alpha value is -3.50. The zero-order valence-electron chi connectivity index (χ0n) is 17.5. The molecule has 0 spiro atoms. The van der Waals surface area contributed by atoms with Gasteiger partial charge in [0.05, 0.1) is 36.6 Å². The fraction of sp³-hybridized carbons (Fsp3) is 0.350. The smallest absolute Gasteiger partial charge is 0.417 e. The molecule has 0 saturated heterocycles. The summed E-state index contributed by atoms with van der Waals surface area (Å²) in [5, 5.41) is 6.51. The molecule has 11 heteroatoms. The molecule has 1 N–H and O–H groups in total. The van der Waals surface area contributed by atoms with Crippen molar-refractivity contribution < 1.29 is 32.2 Å². The molecule has 8 nitrogen and oxygen atoms in total. The summed E-state index contributed by atoms with van der Waals surface area (Å²) in [5.41, 5.74) is -0.409. The zero-order valence-corrected chi connectivity index (χ0v) is 17.5. The van der Waals surface area contributed by atoms with E-state index < -0.39 is 23.8 Å². The van der Waals surface area contributed by atoms with Crippen LogP contribution in [0.2, 0.25) is 0 Å². The van der Waals surface area contributed by atoms with Crippen molar-refractivity contribution in [2.45, 2.75) is 26.1 Å². The van der Waals surface area contributed by atoms with E-state index in [1.807, 2.05) is 0 Å². The lowest BCUT2D eigenvalue weighted by Crippen LogP contribution is -2.30. The minimum Gasteiger partial charge on any atom is -0.497 e. The molecule has 0 saturated carbocycles. The fourth-order valence-electron chi connectivity index (χ4n) is 3.09. The number of methoxy groups -OCH3 is 2. The van der Waals surface area contributed by atoms with Gasteiger partial charge in [-0.2, -0.15) is 23.3 Å². The first-order valence-electron chi connectivity index (χ1n) is 9.16. The largest absolute Gasteiger partial charge is 0.497 e. The van der Waals surface area contributed by atoms with Gasteiger partial charge in [-0.05, 0) is 26.0 Å². The Morgan fingerprint density at radius 3 is 2.52 bits per heavy atom. The number of rotatable bonds is 6. The van der Waals surface area contributed by atoms with Crippen molar-refractivity contribution in [1.29, 1.82) is 0 Å². The van der Waals surface area contributed by atoms with Gasteiger partial charge < -0.3 is 19.5 Å². The molecule has 0 fully saturated rings. The third-order valence-electron chi connectivity index (χ3n) is 4.58. The highest BCUT2D eigenvalue weighted by molar-refractivity contribution is 5.95. The standard InChI is InChI=1S/C20H21F3N4O4/c1-10-17-13(20(21,22)23)9-16(25-18(17)27(3)26-10)31-11(2)19(28)24-14-8-12(29-4)6-7-15(14)30-5/h6-9,11H,1-5H3,(H,24,28). The number of aryl methyl sites for hydroxylation is 2. The number of nitrogens with one attached hydrogen (secondary N) is 1. The molecule has 0 aliphatic carbocycles. The quantitative estimate of drug-likeness (QED) is 0.631. The molecular formula is C20H21F3N4O4. The molecule has 1 atom stereocenters. The van der Waals surface area contributed by atoms with Gasteiger partial charge in [-0.1, -0.05) is 0 Å². The van der Waals surface area contributed by atoms with E-state index in [9.17, 15) is 18.0 Å². The van der Waals surface area contributed by atoms with E-state index in [0.717, 1.165) is 6.07 Å². The number of benzene rings is 1. The maximum atomic E-state index is 13.6. The van der Waals surface area contributed by atoms with E-state index in [1.54, 1.807) is 18.2 Å². The van der Waals surface area contributed by atoms with Crippen molar-refractivity contribution in [2.75, 3.05) is 19.5 Å². The maximum absolute atomic E-state index is 13.6. The van der Waals surface area contributed by atoms with Gasteiger partial charge >= 0.3 is 6.18 Å². The molecule has 1 amide bonds. The summed E-state index contributed by atoms with van der Waals surface area (Å²) in [7, 11) is 4.39. The molecule has 1 aromatic carbocycles. The van der Waals surface area contributed by atoms with Gasteiger partial charge in [0.25, 0.3) is 5.91 Å². The van der Waals surface area contributed by atoms with Crippen LogP contribution in [-0.4, -0.2) is 41.0 Å². The zero-order chi connectivity index (χ0) is 22.9. The Morgan fingerprint density at radius 2 is 1.90 bits per heavy atom. The number of carbonyl (C=O) groups excluding carboxylic acids is 1. The molecule has 0 radical (unpaired) electrons. The lowest BCUT2D eigenvalue weighted by Gasteiger charge is -2.17. The molecule has 0 bridgehead atoms. The second kappa shape index (κ2) is 8.32. The van der Waals surface area contributed by atoms with Crippen LogP contribution in [-0.2, 0) is 18.0 Å². The van der Waals surface area contributed by atoms with Crippen LogP contribution in [0.3, 0.4) is 0 Å². The van der Waals surface area contributed by atoms with Gasteiger partial charge in [0.1, 0.15) is 11.5 Å². The summed E-state index contributed by atoms with van der Waals surface area (Å²) in [6, 6.07) is 5.58. The first-order chi connectivity index (χ1) is 14.5. The van der Waals surface area contributed by atoms with Gasteiger partial charge in [0.15, 0.2) is 11.8 Å². The molecule has 0 aliphatic rings. The number of carbonyl (C=O) groups is 1. The number of anilines is 1. The summed E-state index contributed by atoms with van der Waals surface area (Å²) in [4.78, 5) is 16.7. The van der Waals surface area contributed by atoms with Crippen molar-refractivity contribution in [1.82, 2.24) is 14.8 Å². The number of hydrogen-bond donors (Lipinski definition) is 1. The van der Waals surface area contributed by atoms with Gasteiger partial charge in [-0.25, -0.2) is 0 Å². The van der Waals surface area contributed by atoms with E-state index in [1.165, 1.54) is 39.8 Å². The van der Waals surface area contributed by atoms with Gasteiger partial charge in [0, 0.05) is 19.2 Å². The van der Waals surface area contributed by atoms with E-state index in [0.29, 0.717) is 17.2 Å². The maximum Gasteiger partial charge on any atom is 0.417 e. The molecule has 2 heterocycles. The molecule has 0 aliphatic heterocycles. The van der Waals surface area contributed by atoms with Crippen LogP contribution in [0, 0.1) is 6.92 Å². The number of ether oxygens (including phenoxy) is 3. The summed E-state index contributed by atoms with van der Waals surface area (Å²) < 4.78 is 57.8. The third-order valence-corrected chi connectivity index (χ3v) is 4.58. The predicted molar refractivity (Wildman–Crippen MR) is 107 cm³/mol. The van der Waals surface area contributed by atoms with Crippen LogP contribution in [0.5, 0.6) is 17.4 Å². The minimum atomic E-state index is -4.65. The fourth-order valence-corrected chi connectivity index (χ4v) is 3.09. The van der Waals surface area contributed by atoms with E-state index in [4.69, 9.17) is 14.2 Å². The summed E-state index contributed by atoms with van der Waals surface area (Å²) in [6.45, 7) is 2.87. The van der Waals surface area contributed by atoms with Gasteiger partial charge in [0.2, 0.25) is 5.88 Å². The topological polar surface area (TPSA) is 87.5 Å². The Morgan fingerprint density at radius 1 is 1.19 bits per heavy atom. The molecule has 1 unspecified atom stereocenters. The van der Waals surface area contributed by atoms with E-state index in [2.05, 4.69) is 15.4 Å².